The Balaban J connectivity index is 1.66. The van der Waals surface area contributed by atoms with Gasteiger partial charge >= 0.3 is 0 Å². The molecule has 3 rings (SSSR count). The lowest BCUT2D eigenvalue weighted by Gasteiger charge is -2.33. The number of nitrogens with zero attached hydrogens (tertiary/aromatic N) is 1. The topological polar surface area (TPSA) is 60.0 Å². The summed E-state index contributed by atoms with van der Waals surface area (Å²) in [4.78, 5) is 13.5. The highest BCUT2D eigenvalue weighted by Gasteiger charge is 2.24. The predicted octanol–water partition coefficient (Wildman–Crippen LogP) is 0.577. The van der Waals surface area contributed by atoms with Crippen LogP contribution in [0, 0.1) is 0 Å². The summed E-state index contributed by atoms with van der Waals surface area (Å²) in [5.41, 5.74) is 2.58. The largest absolute Gasteiger partial charge is 0.493 e. The van der Waals surface area contributed by atoms with Gasteiger partial charge in [-0.3, -0.25) is 9.69 Å². The molecule has 6 heteroatoms. The summed E-state index contributed by atoms with van der Waals surface area (Å²) in [6, 6.07) is 4.13. The van der Waals surface area contributed by atoms with Crippen LogP contribution in [0.5, 0.6) is 11.5 Å². The molecule has 1 aromatic rings. The zero-order chi connectivity index (χ0) is 15.5. The summed E-state index contributed by atoms with van der Waals surface area (Å²) in [5, 5.41) is 2.85. The van der Waals surface area contributed by atoms with Crippen molar-refractivity contribution in [3.63, 3.8) is 0 Å². The molecule has 1 saturated heterocycles. The van der Waals surface area contributed by atoms with Crippen molar-refractivity contribution in [2.45, 2.75) is 19.1 Å². The van der Waals surface area contributed by atoms with Crippen LogP contribution in [0.25, 0.3) is 0 Å². The van der Waals surface area contributed by atoms with Crippen LogP contribution in [0.2, 0.25) is 0 Å². The molecule has 1 amide bonds. The van der Waals surface area contributed by atoms with Crippen molar-refractivity contribution in [2.75, 3.05) is 40.5 Å². The first-order valence-electron chi connectivity index (χ1n) is 7.54. The first kappa shape index (κ1) is 15.1. The molecule has 1 atom stereocenters. The monoisotopic (exact) mass is 306 g/mol. The highest BCUT2D eigenvalue weighted by molar-refractivity contribution is 5.77. The van der Waals surface area contributed by atoms with Crippen molar-refractivity contribution in [3.8, 4) is 11.5 Å². The molecule has 6 nitrogen and oxygen atoms in total. The van der Waals surface area contributed by atoms with Gasteiger partial charge in [0.2, 0.25) is 5.91 Å². The van der Waals surface area contributed by atoms with E-state index >= 15 is 0 Å². The van der Waals surface area contributed by atoms with Crippen LogP contribution in [0.1, 0.15) is 11.1 Å². The molecule has 0 bridgehead atoms. The van der Waals surface area contributed by atoms with Gasteiger partial charge in [0.1, 0.15) is 6.61 Å². The number of amides is 1. The van der Waals surface area contributed by atoms with Gasteiger partial charge in [-0.2, -0.15) is 0 Å². The smallest absolute Gasteiger partial charge is 0.246 e. The van der Waals surface area contributed by atoms with E-state index in [1.54, 1.807) is 14.2 Å². The van der Waals surface area contributed by atoms with Gasteiger partial charge in [-0.15, -0.1) is 0 Å². The second kappa shape index (κ2) is 6.54. The summed E-state index contributed by atoms with van der Waals surface area (Å²) >= 11 is 0. The van der Waals surface area contributed by atoms with Gasteiger partial charge in [0.15, 0.2) is 11.5 Å². The van der Waals surface area contributed by atoms with Crippen molar-refractivity contribution < 1.29 is 19.0 Å². The molecule has 1 fully saturated rings. The quantitative estimate of drug-likeness (QED) is 0.881. The minimum atomic E-state index is -0.0305. The molecular weight excluding hydrogens is 284 g/mol. The van der Waals surface area contributed by atoms with Crippen LogP contribution >= 0.6 is 0 Å². The molecule has 1 N–H and O–H groups in total. The van der Waals surface area contributed by atoms with Crippen molar-refractivity contribution in [3.05, 3.63) is 23.3 Å². The molecule has 0 aliphatic carbocycles. The van der Waals surface area contributed by atoms with E-state index in [0.29, 0.717) is 6.54 Å². The average Bonchev–Trinajstić information content (AvgIpc) is 2.55. The van der Waals surface area contributed by atoms with E-state index in [2.05, 4.69) is 22.3 Å². The number of carbonyl (C=O) groups excluding carboxylic acids is 1. The number of nitrogens with one attached hydrogen (secondary N) is 1. The van der Waals surface area contributed by atoms with Crippen LogP contribution in [0.4, 0.5) is 0 Å². The van der Waals surface area contributed by atoms with Gasteiger partial charge in [-0.25, -0.2) is 0 Å². The van der Waals surface area contributed by atoms with Gasteiger partial charge < -0.3 is 19.5 Å². The Kier molecular flexibility index (Phi) is 4.49. The summed E-state index contributed by atoms with van der Waals surface area (Å²) in [7, 11) is 3.32. The number of rotatable bonds is 4. The lowest BCUT2D eigenvalue weighted by atomic mass is 9.98. The second-order valence-electron chi connectivity index (χ2n) is 5.70. The fourth-order valence-electron chi connectivity index (χ4n) is 3.03. The van der Waals surface area contributed by atoms with Crippen molar-refractivity contribution in [2.24, 2.45) is 0 Å². The molecule has 22 heavy (non-hydrogen) atoms. The van der Waals surface area contributed by atoms with Gasteiger partial charge in [-0.1, -0.05) is 0 Å². The fourth-order valence-corrected chi connectivity index (χ4v) is 3.03. The minimum Gasteiger partial charge on any atom is -0.493 e. The maximum absolute atomic E-state index is 11.1. The van der Waals surface area contributed by atoms with Crippen molar-refractivity contribution in [1.82, 2.24) is 10.2 Å². The Hall–Kier alpha value is -1.79. The molecule has 0 radical (unpaired) electrons. The van der Waals surface area contributed by atoms with Crippen LogP contribution in [0.3, 0.4) is 0 Å². The van der Waals surface area contributed by atoms with Gasteiger partial charge in [0.05, 0.1) is 20.3 Å². The number of methoxy groups -OCH3 is 2. The highest BCUT2D eigenvalue weighted by atomic mass is 16.5. The van der Waals surface area contributed by atoms with Crippen LogP contribution < -0.4 is 14.8 Å². The number of morpholine rings is 1. The summed E-state index contributed by atoms with van der Waals surface area (Å²) in [6.07, 6.45) is 1.05. The SMILES string of the molecule is COc1cc2c(cc1OC)CN(CC1CNC(=O)CO1)CC2. The molecule has 2 heterocycles. The van der Waals surface area contributed by atoms with E-state index < -0.39 is 0 Å². The van der Waals surface area contributed by atoms with E-state index in [0.717, 1.165) is 37.6 Å². The Morgan fingerprint density at radius 3 is 2.64 bits per heavy atom. The second-order valence-corrected chi connectivity index (χ2v) is 5.70. The van der Waals surface area contributed by atoms with Crippen LogP contribution in [-0.2, 0) is 22.5 Å². The lowest BCUT2D eigenvalue weighted by Crippen LogP contribution is -2.48. The third kappa shape index (κ3) is 3.18. The lowest BCUT2D eigenvalue weighted by molar-refractivity contribution is -0.133. The number of fused-ring (bicyclic) bond motifs is 1. The highest BCUT2D eigenvalue weighted by Crippen LogP contribution is 2.33. The van der Waals surface area contributed by atoms with E-state index in [9.17, 15) is 4.79 Å². The first-order valence-corrected chi connectivity index (χ1v) is 7.54. The average molecular weight is 306 g/mol. The Morgan fingerprint density at radius 1 is 1.27 bits per heavy atom. The zero-order valence-electron chi connectivity index (χ0n) is 13.1. The molecule has 120 valence electrons. The summed E-state index contributed by atoms with van der Waals surface area (Å²) in [6.45, 7) is 3.43. The molecule has 0 aromatic heterocycles. The molecule has 1 unspecified atom stereocenters. The summed E-state index contributed by atoms with van der Waals surface area (Å²) in [5.74, 6) is 1.52. The van der Waals surface area contributed by atoms with Crippen LogP contribution in [0.15, 0.2) is 12.1 Å². The van der Waals surface area contributed by atoms with Gasteiger partial charge in [-0.05, 0) is 29.7 Å². The fraction of sp³-hybridized carbons (Fsp3) is 0.562. The number of carbonyl (C=O) groups is 1. The van der Waals surface area contributed by atoms with Crippen LogP contribution in [-0.4, -0.2) is 57.4 Å². The van der Waals surface area contributed by atoms with E-state index in [-0.39, 0.29) is 18.6 Å². The standard InChI is InChI=1S/C16H22N2O4/c1-20-14-5-11-3-4-18(8-12(11)6-15(14)21-2)9-13-7-17-16(19)10-22-13/h5-6,13H,3-4,7-10H2,1-2H3,(H,17,19). The van der Waals surface area contributed by atoms with Crippen molar-refractivity contribution >= 4 is 5.91 Å². The van der Waals surface area contributed by atoms with Crippen molar-refractivity contribution in [1.29, 1.82) is 0 Å². The number of ether oxygens (including phenoxy) is 3. The third-order valence-corrected chi connectivity index (χ3v) is 4.24. The van der Waals surface area contributed by atoms with E-state index in [4.69, 9.17) is 14.2 Å². The maximum Gasteiger partial charge on any atom is 0.246 e. The first-order chi connectivity index (χ1) is 10.7. The molecule has 0 saturated carbocycles. The Morgan fingerprint density at radius 2 is 2.00 bits per heavy atom. The molecule has 1 aromatic carbocycles. The number of benzene rings is 1. The Bertz CT molecular complexity index is 551. The van der Waals surface area contributed by atoms with E-state index in [1.165, 1.54) is 11.1 Å². The molecule has 2 aliphatic heterocycles. The van der Waals surface area contributed by atoms with Gasteiger partial charge in [0.25, 0.3) is 0 Å². The third-order valence-electron chi connectivity index (χ3n) is 4.24. The zero-order valence-corrected chi connectivity index (χ0v) is 13.1. The molecule has 0 spiro atoms. The molecule has 2 aliphatic rings. The number of hydrogen-bond acceptors (Lipinski definition) is 5. The molecular formula is C16H22N2O4. The number of hydrogen-bond donors (Lipinski definition) is 1. The minimum absolute atomic E-state index is 0.0305. The summed E-state index contributed by atoms with van der Waals surface area (Å²) < 4.78 is 16.3. The Labute approximate surface area is 130 Å². The predicted molar refractivity (Wildman–Crippen MR) is 81.3 cm³/mol. The normalized spacial score (nSPS) is 21.9. The van der Waals surface area contributed by atoms with Gasteiger partial charge in [0, 0.05) is 26.2 Å². The van der Waals surface area contributed by atoms with E-state index in [1.807, 2.05) is 0 Å². The maximum atomic E-state index is 11.1.